The lowest BCUT2D eigenvalue weighted by atomic mass is 9.79. The van der Waals surface area contributed by atoms with Crippen LogP contribution in [0.2, 0.25) is 0 Å². The molecule has 23 heavy (non-hydrogen) atoms. The molecular weight excluding hydrogens is 294 g/mol. The summed E-state index contributed by atoms with van der Waals surface area (Å²) in [5.74, 6) is -1.51. The minimum Gasteiger partial charge on any atom is -0.468 e. The lowest BCUT2D eigenvalue weighted by Crippen LogP contribution is -2.30. The summed E-state index contributed by atoms with van der Waals surface area (Å²) in [7, 11) is 2.71. The molecule has 0 fully saturated rings. The summed E-state index contributed by atoms with van der Waals surface area (Å²) in [6, 6.07) is 9.63. The number of carbonyl (C=O) groups is 2. The predicted octanol–water partition coefficient (Wildman–Crippen LogP) is 2.87. The van der Waals surface area contributed by atoms with E-state index in [1.807, 2.05) is 30.3 Å². The van der Waals surface area contributed by atoms with Crippen LogP contribution >= 0.6 is 0 Å². The molecule has 5 nitrogen and oxygen atoms in total. The van der Waals surface area contributed by atoms with Crippen molar-refractivity contribution >= 4 is 17.7 Å². The highest BCUT2D eigenvalue weighted by atomic mass is 16.5. The maximum Gasteiger partial charge on any atom is 0.335 e. The molecule has 1 aromatic rings. The van der Waals surface area contributed by atoms with E-state index in [0.717, 1.165) is 5.56 Å². The van der Waals surface area contributed by atoms with Gasteiger partial charge in [-0.3, -0.25) is 9.79 Å². The van der Waals surface area contributed by atoms with Crippen LogP contribution in [0.3, 0.4) is 0 Å². The topological polar surface area (TPSA) is 65.0 Å². The Labute approximate surface area is 136 Å². The van der Waals surface area contributed by atoms with Crippen molar-refractivity contribution in [3.8, 4) is 0 Å². The fourth-order valence-electron chi connectivity index (χ4n) is 3.00. The van der Waals surface area contributed by atoms with Gasteiger partial charge in [-0.25, -0.2) is 4.79 Å². The highest BCUT2D eigenvalue weighted by molar-refractivity contribution is 6.03. The molecule has 0 spiro atoms. The number of benzene rings is 1. The minimum atomic E-state index is -0.528. The number of hydrogen-bond acceptors (Lipinski definition) is 5. The number of ether oxygens (including phenoxy) is 2. The Morgan fingerprint density at radius 2 is 1.74 bits per heavy atom. The van der Waals surface area contributed by atoms with Crippen molar-refractivity contribution in [2.75, 3.05) is 14.2 Å². The van der Waals surface area contributed by atoms with Crippen molar-refractivity contribution in [3.63, 3.8) is 0 Å². The van der Waals surface area contributed by atoms with Gasteiger partial charge in [0.05, 0.1) is 19.8 Å². The Balaban J connectivity index is 2.55. The van der Waals surface area contributed by atoms with Crippen molar-refractivity contribution in [2.45, 2.75) is 26.2 Å². The summed E-state index contributed by atoms with van der Waals surface area (Å²) in [6.45, 7) is 3.55. The Morgan fingerprint density at radius 3 is 2.30 bits per heavy atom. The molecule has 0 saturated heterocycles. The van der Waals surface area contributed by atoms with Gasteiger partial charge in [0.15, 0.2) is 0 Å². The molecule has 2 unspecified atom stereocenters. The Morgan fingerprint density at radius 1 is 1.09 bits per heavy atom. The first-order chi connectivity index (χ1) is 11.0. The Hall–Kier alpha value is -2.43. The molecule has 0 saturated carbocycles. The molecule has 2 rings (SSSR count). The number of allylic oxidation sites excluding steroid dienone is 1. The molecule has 0 aromatic heterocycles. The van der Waals surface area contributed by atoms with Crippen LogP contribution < -0.4 is 0 Å². The quantitative estimate of drug-likeness (QED) is 0.805. The van der Waals surface area contributed by atoms with Crippen LogP contribution in [-0.2, 0) is 19.1 Å². The Bertz CT molecular complexity index is 661. The summed E-state index contributed by atoms with van der Waals surface area (Å²) in [6.07, 6.45) is 0.378. The number of aliphatic imine (C=N–C) groups is 1. The minimum absolute atomic E-state index is 0.223. The molecular formula is C18H21NO4. The molecule has 122 valence electrons. The summed E-state index contributed by atoms with van der Waals surface area (Å²) >= 11 is 0. The molecule has 0 N–H and O–H groups in total. The van der Waals surface area contributed by atoms with Crippen LogP contribution in [0.5, 0.6) is 0 Å². The summed E-state index contributed by atoms with van der Waals surface area (Å²) < 4.78 is 9.85. The molecule has 2 atom stereocenters. The van der Waals surface area contributed by atoms with E-state index in [1.54, 1.807) is 13.8 Å². The van der Waals surface area contributed by atoms with Crippen molar-refractivity contribution in [3.05, 3.63) is 47.2 Å². The zero-order valence-electron chi connectivity index (χ0n) is 13.8. The van der Waals surface area contributed by atoms with Crippen LogP contribution in [0.4, 0.5) is 0 Å². The maximum absolute atomic E-state index is 12.3. The van der Waals surface area contributed by atoms with Crippen molar-refractivity contribution in [1.82, 2.24) is 0 Å². The van der Waals surface area contributed by atoms with Crippen molar-refractivity contribution in [1.29, 1.82) is 0 Å². The molecule has 1 aliphatic heterocycles. The number of nitrogens with zero attached hydrogens (tertiary/aromatic N) is 1. The average Bonchev–Trinajstić information content (AvgIpc) is 2.70. The van der Waals surface area contributed by atoms with Crippen LogP contribution in [0.15, 0.2) is 46.6 Å². The lowest BCUT2D eigenvalue weighted by molar-refractivity contribution is -0.144. The molecule has 0 aliphatic carbocycles. The molecule has 1 aromatic carbocycles. The molecule has 1 aliphatic rings. The van der Waals surface area contributed by atoms with Gasteiger partial charge in [-0.2, -0.15) is 0 Å². The van der Waals surface area contributed by atoms with Gasteiger partial charge in [0.2, 0.25) is 0 Å². The van der Waals surface area contributed by atoms with Gasteiger partial charge >= 0.3 is 11.9 Å². The predicted molar refractivity (Wildman–Crippen MR) is 87.1 cm³/mol. The number of carbonyl (C=O) groups excluding carboxylic acids is 2. The molecule has 1 heterocycles. The van der Waals surface area contributed by atoms with E-state index >= 15 is 0 Å². The van der Waals surface area contributed by atoms with E-state index in [-0.39, 0.29) is 11.9 Å². The van der Waals surface area contributed by atoms with Gasteiger partial charge < -0.3 is 9.47 Å². The first kappa shape index (κ1) is 16.9. The van der Waals surface area contributed by atoms with Crippen LogP contribution in [0, 0.1) is 5.92 Å². The summed E-state index contributed by atoms with van der Waals surface area (Å²) in [5, 5.41) is 0. The smallest absolute Gasteiger partial charge is 0.335 e. The van der Waals surface area contributed by atoms with E-state index in [0.29, 0.717) is 23.4 Å². The fraction of sp³-hybridized carbons (Fsp3) is 0.389. The van der Waals surface area contributed by atoms with Gasteiger partial charge in [0.1, 0.15) is 5.92 Å². The lowest BCUT2D eigenvalue weighted by Gasteiger charge is -2.24. The molecule has 0 amide bonds. The SMILES string of the molecule is COC(=O)C1=C(C)N=C(C)C(C(=O)OC)C(c2ccccc2)C1. The second kappa shape index (κ2) is 7.22. The first-order valence-corrected chi connectivity index (χ1v) is 7.45. The molecule has 0 radical (unpaired) electrons. The standard InChI is InChI=1S/C18H21NO4/c1-11-14(17(20)22-3)10-15(13-8-6-5-7-9-13)16(12(2)19-11)18(21)23-4/h5-9,15-16H,10H2,1-4H3. The fourth-order valence-corrected chi connectivity index (χ4v) is 3.00. The molecule has 5 heteroatoms. The van der Waals surface area contributed by atoms with E-state index < -0.39 is 11.9 Å². The number of methoxy groups -OCH3 is 2. The molecule has 0 bridgehead atoms. The Kier molecular flexibility index (Phi) is 5.32. The van der Waals surface area contributed by atoms with Crippen LogP contribution in [-0.4, -0.2) is 31.9 Å². The van der Waals surface area contributed by atoms with Gasteiger partial charge in [-0.15, -0.1) is 0 Å². The normalized spacial score (nSPS) is 21.3. The number of rotatable bonds is 3. The first-order valence-electron chi connectivity index (χ1n) is 7.45. The monoisotopic (exact) mass is 315 g/mol. The van der Waals surface area contributed by atoms with Gasteiger partial charge in [-0.1, -0.05) is 30.3 Å². The van der Waals surface area contributed by atoms with Crippen molar-refractivity contribution < 1.29 is 19.1 Å². The van der Waals surface area contributed by atoms with Crippen LogP contribution in [0.1, 0.15) is 31.7 Å². The van der Waals surface area contributed by atoms with E-state index in [2.05, 4.69) is 4.99 Å². The van der Waals surface area contributed by atoms with Crippen molar-refractivity contribution in [2.24, 2.45) is 10.9 Å². The van der Waals surface area contributed by atoms with Gasteiger partial charge in [0.25, 0.3) is 0 Å². The highest BCUT2D eigenvalue weighted by Gasteiger charge is 2.37. The third-order valence-corrected chi connectivity index (χ3v) is 4.17. The second-order valence-electron chi connectivity index (χ2n) is 5.53. The van der Waals surface area contributed by atoms with Gasteiger partial charge in [0, 0.05) is 17.3 Å². The van der Waals surface area contributed by atoms with Gasteiger partial charge in [-0.05, 0) is 25.8 Å². The van der Waals surface area contributed by atoms with E-state index in [1.165, 1.54) is 14.2 Å². The number of hydrogen-bond donors (Lipinski definition) is 0. The average molecular weight is 315 g/mol. The van der Waals surface area contributed by atoms with E-state index in [9.17, 15) is 9.59 Å². The summed E-state index contributed by atoms with van der Waals surface area (Å²) in [4.78, 5) is 28.9. The highest BCUT2D eigenvalue weighted by Crippen LogP contribution is 2.37. The zero-order chi connectivity index (χ0) is 17.0. The zero-order valence-corrected chi connectivity index (χ0v) is 13.8. The maximum atomic E-state index is 12.3. The third-order valence-electron chi connectivity index (χ3n) is 4.17. The second-order valence-corrected chi connectivity index (χ2v) is 5.53. The van der Waals surface area contributed by atoms with E-state index in [4.69, 9.17) is 9.47 Å². The summed E-state index contributed by atoms with van der Waals surface area (Å²) in [5.41, 5.74) is 2.68. The van der Waals surface area contributed by atoms with Crippen LogP contribution in [0.25, 0.3) is 0 Å². The largest absolute Gasteiger partial charge is 0.468 e. The third kappa shape index (κ3) is 3.50. The number of esters is 2.